The zero-order chi connectivity index (χ0) is 15.1. The summed E-state index contributed by atoms with van der Waals surface area (Å²) in [6.07, 6.45) is 6.90. The van der Waals surface area contributed by atoms with Crippen LogP contribution in [-0.4, -0.2) is 24.9 Å². The van der Waals surface area contributed by atoms with E-state index in [9.17, 15) is 9.50 Å². The summed E-state index contributed by atoms with van der Waals surface area (Å²) in [5.74, 6) is 0.707. The number of hydrogen-bond acceptors (Lipinski definition) is 3. The highest BCUT2D eigenvalue weighted by molar-refractivity contribution is 5.32. The average molecular weight is 295 g/mol. The number of aliphatic hydroxyl groups is 1. The Morgan fingerprint density at radius 3 is 2.67 bits per heavy atom. The van der Waals surface area contributed by atoms with Gasteiger partial charge in [0.2, 0.25) is 0 Å². The van der Waals surface area contributed by atoms with Crippen molar-refractivity contribution < 1.29 is 14.2 Å². The van der Waals surface area contributed by atoms with Crippen molar-refractivity contribution in [1.82, 2.24) is 0 Å². The van der Waals surface area contributed by atoms with Crippen LogP contribution in [0.5, 0.6) is 5.75 Å². The molecular weight excluding hydrogens is 269 g/mol. The van der Waals surface area contributed by atoms with Gasteiger partial charge in [-0.3, -0.25) is 0 Å². The van der Waals surface area contributed by atoms with Gasteiger partial charge in [-0.05, 0) is 49.4 Å². The van der Waals surface area contributed by atoms with Crippen LogP contribution < -0.4 is 10.5 Å². The minimum absolute atomic E-state index is 0.0251. The van der Waals surface area contributed by atoms with E-state index in [1.54, 1.807) is 0 Å². The Morgan fingerprint density at radius 1 is 1.24 bits per heavy atom. The van der Waals surface area contributed by atoms with Crippen LogP contribution in [0.3, 0.4) is 0 Å². The predicted octanol–water partition coefficient (Wildman–Crippen LogP) is 3.21. The molecule has 0 aliphatic heterocycles. The number of halogens is 1. The largest absolute Gasteiger partial charge is 0.493 e. The fourth-order valence-electron chi connectivity index (χ4n) is 3.04. The third-order valence-corrected chi connectivity index (χ3v) is 4.31. The molecule has 1 fully saturated rings. The molecule has 21 heavy (non-hydrogen) atoms. The maximum atomic E-state index is 13.7. The number of nitrogens with two attached hydrogens (primary N) is 1. The van der Waals surface area contributed by atoms with Crippen molar-refractivity contribution in [2.24, 2.45) is 11.7 Å². The number of rotatable bonds is 7. The van der Waals surface area contributed by atoms with Crippen molar-refractivity contribution in [2.75, 3.05) is 19.8 Å². The van der Waals surface area contributed by atoms with Crippen molar-refractivity contribution >= 4 is 0 Å². The molecule has 0 heterocycles. The molecule has 1 aromatic carbocycles. The van der Waals surface area contributed by atoms with Crippen LogP contribution in [0.2, 0.25) is 0 Å². The van der Waals surface area contributed by atoms with Crippen molar-refractivity contribution in [1.29, 1.82) is 0 Å². The Kier molecular flexibility index (Phi) is 6.46. The van der Waals surface area contributed by atoms with E-state index >= 15 is 0 Å². The molecule has 0 amide bonds. The molecule has 1 unspecified atom stereocenters. The Morgan fingerprint density at radius 2 is 2.00 bits per heavy atom. The van der Waals surface area contributed by atoms with Gasteiger partial charge in [0.1, 0.15) is 11.6 Å². The summed E-state index contributed by atoms with van der Waals surface area (Å²) >= 11 is 0. The molecule has 0 saturated heterocycles. The number of benzene rings is 1. The lowest BCUT2D eigenvalue weighted by molar-refractivity contribution is 0.207. The minimum Gasteiger partial charge on any atom is -0.493 e. The minimum atomic E-state index is -0.318. The van der Waals surface area contributed by atoms with Crippen LogP contribution in [-0.2, 0) is 0 Å². The summed E-state index contributed by atoms with van der Waals surface area (Å²) in [5.41, 5.74) is 6.30. The maximum Gasteiger partial charge on any atom is 0.127 e. The molecule has 118 valence electrons. The predicted molar refractivity (Wildman–Crippen MR) is 82.0 cm³/mol. The Balaban J connectivity index is 2.00. The first kappa shape index (κ1) is 16.2. The molecular formula is C17H26FNO2. The molecule has 0 radical (unpaired) electrons. The Hall–Kier alpha value is -1.13. The van der Waals surface area contributed by atoms with Crippen molar-refractivity contribution in [3.63, 3.8) is 0 Å². The Labute approximate surface area is 126 Å². The molecule has 3 nitrogen and oxygen atoms in total. The van der Waals surface area contributed by atoms with Gasteiger partial charge in [0.05, 0.1) is 6.61 Å². The van der Waals surface area contributed by atoms with Gasteiger partial charge in [-0.25, -0.2) is 4.39 Å². The first-order valence-corrected chi connectivity index (χ1v) is 7.97. The summed E-state index contributed by atoms with van der Waals surface area (Å²) in [7, 11) is 0. The highest BCUT2D eigenvalue weighted by Crippen LogP contribution is 2.27. The van der Waals surface area contributed by atoms with E-state index in [1.165, 1.54) is 44.2 Å². The fourth-order valence-corrected chi connectivity index (χ4v) is 3.04. The van der Waals surface area contributed by atoms with Crippen molar-refractivity contribution in [3.8, 4) is 5.75 Å². The molecule has 2 rings (SSSR count). The lowest BCUT2D eigenvalue weighted by atomic mass is 9.90. The SMILES string of the molecule is NCCC(CO)c1cc(F)cc(OCC2CCCCC2)c1. The van der Waals surface area contributed by atoms with Gasteiger partial charge in [0, 0.05) is 18.6 Å². The molecule has 0 aromatic heterocycles. The van der Waals surface area contributed by atoms with E-state index < -0.39 is 0 Å². The van der Waals surface area contributed by atoms with Crippen molar-refractivity contribution in [2.45, 2.75) is 44.4 Å². The van der Waals surface area contributed by atoms with Crippen LogP contribution in [0.25, 0.3) is 0 Å². The zero-order valence-electron chi connectivity index (χ0n) is 12.6. The molecule has 1 atom stereocenters. The lowest BCUT2D eigenvalue weighted by Crippen LogP contribution is -2.16. The van der Waals surface area contributed by atoms with Crippen LogP contribution in [0.1, 0.15) is 50.0 Å². The van der Waals surface area contributed by atoms with Gasteiger partial charge < -0.3 is 15.6 Å². The molecule has 1 aliphatic rings. The summed E-state index contributed by atoms with van der Waals surface area (Å²) in [5, 5.41) is 9.41. The second kappa shape index (κ2) is 8.35. The third kappa shape index (κ3) is 4.97. The fraction of sp³-hybridized carbons (Fsp3) is 0.647. The summed E-state index contributed by atoms with van der Waals surface area (Å²) in [4.78, 5) is 0. The van der Waals surface area contributed by atoms with Crippen LogP contribution >= 0.6 is 0 Å². The first-order valence-electron chi connectivity index (χ1n) is 7.97. The summed E-state index contributed by atoms with van der Waals surface area (Å²) in [6.45, 7) is 1.10. The highest BCUT2D eigenvalue weighted by atomic mass is 19.1. The lowest BCUT2D eigenvalue weighted by Gasteiger charge is -2.22. The molecule has 3 N–H and O–H groups in total. The van der Waals surface area contributed by atoms with E-state index in [0.717, 1.165) is 5.56 Å². The van der Waals surface area contributed by atoms with Gasteiger partial charge in [-0.1, -0.05) is 19.3 Å². The van der Waals surface area contributed by atoms with E-state index in [-0.39, 0.29) is 18.3 Å². The zero-order valence-corrected chi connectivity index (χ0v) is 12.6. The molecule has 1 aromatic rings. The third-order valence-electron chi connectivity index (χ3n) is 4.31. The topological polar surface area (TPSA) is 55.5 Å². The van der Waals surface area contributed by atoms with Crippen LogP contribution in [0.15, 0.2) is 18.2 Å². The Bertz CT molecular complexity index is 433. The maximum absolute atomic E-state index is 13.7. The number of ether oxygens (including phenoxy) is 1. The van der Waals surface area contributed by atoms with Gasteiger partial charge >= 0.3 is 0 Å². The monoisotopic (exact) mass is 295 g/mol. The molecule has 0 spiro atoms. The van der Waals surface area contributed by atoms with Gasteiger partial charge in [0.15, 0.2) is 0 Å². The number of hydrogen-bond donors (Lipinski definition) is 2. The smallest absolute Gasteiger partial charge is 0.127 e. The van der Waals surface area contributed by atoms with Crippen molar-refractivity contribution in [3.05, 3.63) is 29.6 Å². The van der Waals surface area contributed by atoms with E-state index in [2.05, 4.69) is 0 Å². The van der Waals surface area contributed by atoms with Gasteiger partial charge in [-0.15, -0.1) is 0 Å². The second-order valence-electron chi connectivity index (χ2n) is 5.99. The quantitative estimate of drug-likeness (QED) is 0.812. The van der Waals surface area contributed by atoms with E-state index in [4.69, 9.17) is 10.5 Å². The molecule has 1 saturated carbocycles. The van der Waals surface area contributed by atoms with Crippen LogP contribution in [0.4, 0.5) is 4.39 Å². The highest BCUT2D eigenvalue weighted by Gasteiger charge is 2.16. The van der Waals surface area contributed by atoms with Gasteiger partial charge in [0.25, 0.3) is 0 Å². The summed E-state index contributed by atoms with van der Waals surface area (Å²) < 4.78 is 19.5. The standard InChI is InChI=1S/C17H26FNO2/c18-16-8-15(14(11-20)6-7-19)9-17(10-16)21-12-13-4-2-1-3-5-13/h8-10,13-14,20H,1-7,11-12,19H2. The molecule has 4 heteroatoms. The first-order chi connectivity index (χ1) is 10.2. The van der Waals surface area contributed by atoms with E-state index in [0.29, 0.717) is 31.2 Å². The second-order valence-corrected chi connectivity index (χ2v) is 5.99. The molecule has 0 bridgehead atoms. The van der Waals surface area contributed by atoms with Crippen LogP contribution in [0, 0.1) is 11.7 Å². The molecule has 1 aliphatic carbocycles. The number of aliphatic hydroxyl groups excluding tert-OH is 1. The normalized spacial score (nSPS) is 17.7. The van der Waals surface area contributed by atoms with E-state index in [1.807, 2.05) is 6.07 Å². The van der Waals surface area contributed by atoms with Gasteiger partial charge in [-0.2, -0.15) is 0 Å². The summed E-state index contributed by atoms with van der Waals surface area (Å²) in [6, 6.07) is 4.72. The average Bonchev–Trinajstić information content (AvgIpc) is 2.51.